The van der Waals surface area contributed by atoms with Crippen LogP contribution in [0.3, 0.4) is 0 Å². The average molecular weight is 428 g/mol. The van der Waals surface area contributed by atoms with Crippen molar-refractivity contribution in [3.63, 3.8) is 0 Å². The highest BCUT2D eigenvalue weighted by atomic mass is 35.5. The van der Waals surface area contributed by atoms with Gasteiger partial charge in [0.25, 0.3) is 5.91 Å². The second kappa shape index (κ2) is 7.72. The summed E-state index contributed by atoms with van der Waals surface area (Å²) in [6.45, 7) is 1.24. The first kappa shape index (κ1) is 19.8. The molecule has 0 bridgehead atoms. The predicted molar refractivity (Wildman–Crippen MR) is 107 cm³/mol. The summed E-state index contributed by atoms with van der Waals surface area (Å²) in [7, 11) is 0. The Morgan fingerprint density at radius 3 is 2.63 bits per heavy atom. The van der Waals surface area contributed by atoms with E-state index in [4.69, 9.17) is 20.4 Å². The molecule has 2 aromatic heterocycles. The zero-order valence-corrected chi connectivity index (χ0v) is 16.7. The van der Waals surface area contributed by atoms with E-state index in [-0.39, 0.29) is 6.54 Å². The summed E-state index contributed by atoms with van der Waals surface area (Å²) in [5.41, 5.74) is -0.483. The number of nitrogens with one attached hydrogen (secondary N) is 2. The standard InChI is InChI=1S/C21H18ClN3O5/c1-21(17-3-2-10-29-17)19(27)25(20(28)24-21)12-18(26)23-11-15-8-9-16(30-15)13-4-6-14(22)7-5-13/h2-10H,11-12H2,1H3,(H,23,26)(H,24,28)/t21-/m0/s1. The maximum atomic E-state index is 12.7. The number of rotatable bonds is 6. The number of amides is 4. The smallest absolute Gasteiger partial charge is 0.325 e. The van der Waals surface area contributed by atoms with Crippen LogP contribution in [0.5, 0.6) is 0 Å². The Morgan fingerprint density at radius 1 is 1.17 bits per heavy atom. The predicted octanol–water partition coefficient (Wildman–Crippen LogP) is 3.28. The second-order valence-corrected chi connectivity index (χ2v) is 7.41. The molecule has 1 fully saturated rings. The number of carbonyl (C=O) groups excluding carboxylic acids is 3. The Kier molecular flexibility index (Phi) is 5.09. The number of benzene rings is 1. The molecule has 3 aromatic rings. The van der Waals surface area contributed by atoms with Gasteiger partial charge >= 0.3 is 6.03 Å². The summed E-state index contributed by atoms with van der Waals surface area (Å²) >= 11 is 5.89. The minimum Gasteiger partial charge on any atom is -0.466 e. The quantitative estimate of drug-likeness (QED) is 0.587. The van der Waals surface area contributed by atoms with Gasteiger partial charge in [-0.3, -0.25) is 14.5 Å². The Labute approximate surface area is 176 Å². The van der Waals surface area contributed by atoms with Gasteiger partial charge in [-0.15, -0.1) is 0 Å². The van der Waals surface area contributed by atoms with E-state index in [1.807, 2.05) is 12.1 Å². The molecular formula is C21H18ClN3O5. The van der Waals surface area contributed by atoms with E-state index in [9.17, 15) is 14.4 Å². The van der Waals surface area contributed by atoms with Gasteiger partial charge in [0.05, 0.1) is 12.8 Å². The van der Waals surface area contributed by atoms with E-state index in [1.165, 1.54) is 13.2 Å². The van der Waals surface area contributed by atoms with Gasteiger partial charge in [0.1, 0.15) is 23.8 Å². The highest BCUT2D eigenvalue weighted by molar-refractivity contribution is 6.30. The number of carbonyl (C=O) groups is 3. The topological polar surface area (TPSA) is 105 Å². The summed E-state index contributed by atoms with van der Waals surface area (Å²) in [6.07, 6.45) is 1.41. The van der Waals surface area contributed by atoms with Crippen molar-refractivity contribution < 1.29 is 23.2 Å². The van der Waals surface area contributed by atoms with Crippen LogP contribution in [0.15, 0.2) is 63.6 Å². The lowest BCUT2D eigenvalue weighted by Gasteiger charge is -2.18. The van der Waals surface area contributed by atoms with Gasteiger partial charge in [0.15, 0.2) is 5.54 Å². The highest BCUT2D eigenvalue weighted by Crippen LogP contribution is 2.29. The molecule has 8 nitrogen and oxygen atoms in total. The Bertz CT molecular complexity index is 1090. The third-order valence-electron chi connectivity index (χ3n) is 4.84. The summed E-state index contributed by atoms with van der Waals surface area (Å²) in [4.78, 5) is 38.1. The van der Waals surface area contributed by atoms with Crippen LogP contribution in [0.4, 0.5) is 4.79 Å². The van der Waals surface area contributed by atoms with E-state index in [1.54, 1.807) is 36.4 Å². The molecule has 30 heavy (non-hydrogen) atoms. The molecule has 1 aliphatic rings. The van der Waals surface area contributed by atoms with Crippen molar-refractivity contribution in [1.82, 2.24) is 15.5 Å². The zero-order chi connectivity index (χ0) is 21.3. The minimum atomic E-state index is -1.34. The lowest BCUT2D eigenvalue weighted by molar-refractivity contribution is -0.135. The van der Waals surface area contributed by atoms with Crippen molar-refractivity contribution in [1.29, 1.82) is 0 Å². The van der Waals surface area contributed by atoms with Gasteiger partial charge in [-0.05, 0) is 55.5 Å². The number of halogens is 1. The molecule has 1 aromatic carbocycles. The van der Waals surface area contributed by atoms with E-state index >= 15 is 0 Å². The first-order chi connectivity index (χ1) is 14.4. The Morgan fingerprint density at radius 2 is 1.93 bits per heavy atom. The highest BCUT2D eigenvalue weighted by Gasteiger charge is 2.51. The van der Waals surface area contributed by atoms with E-state index < -0.39 is 29.9 Å². The monoisotopic (exact) mass is 427 g/mol. The SMILES string of the molecule is C[C@@]1(c2ccco2)NC(=O)N(CC(=O)NCc2ccc(-c3ccc(Cl)cc3)o2)C1=O. The number of furan rings is 2. The van der Waals surface area contributed by atoms with Crippen LogP contribution in [0.2, 0.25) is 5.02 Å². The van der Waals surface area contributed by atoms with Crippen LogP contribution in [0.1, 0.15) is 18.4 Å². The van der Waals surface area contributed by atoms with Crippen molar-refractivity contribution in [3.8, 4) is 11.3 Å². The summed E-state index contributed by atoms with van der Waals surface area (Å²) in [5, 5.41) is 5.85. The normalized spacial score (nSPS) is 18.5. The van der Waals surface area contributed by atoms with Crippen LogP contribution in [-0.4, -0.2) is 29.3 Å². The second-order valence-electron chi connectivity index (χ2n) is 6.97. The number of urea groups is 1. The third kappa shape index (κ3) is 3.69. The van der Waals surface area contributed by atoms with Crippen LogP contribution in [0.25, 0.3) is 11.3 Å². The van der Waals surface area contributed by atoms with Crippen molar-refractivity contribution in [3.05, 3.63) is 71.3 Å². The van der Waals surface area contributed by atoms with Crippen molar-refractivity contribution in [2.75, 3.05) is 6.54 Å². The molecule has 1 aliphatic heterocycles. The molecule has 0 spiro atoms. The average Bonchev–Trinajstić information content (AvgIpc) is 3.46. The molecule has 3 heterocycles. The van der Waals surface area contributed by atoms with Crippen molar-refractivity contribution in [2.24, 2.45) is 0 Å². The fraction of sp³-hybridized carbons (Fsp3) is 0.190. The molecule has 9 heteroatoms. The molecule has 2 N–H and O–H groups in total. The summed E-state index contributed by atoms with van der Waals surface area (Å²) in [6, 6.07) is 13.3. The van der Waals surface area contributed by atoms with Gasteiger partial charge in [0.2, 0.25) is 5.91 Å². The number of nitrogens with zero attached hydrogens (tertiary/aromatic N) is 1. The van der Waals surface area contributed by atoms with Crippen LogP contribution < -0.4 is 10.6 Å². The lowest BCUT2D eigenvalue weighted by atomic mass is 9.99. The minimum absolute atomic E-state index is 0.117. The number of hydrogen-bond acceptors (Lipinski definition) is 5. The van der Waals surface area contributed by atoms with Crippen molar-refractivity contribution >= 4 is 29.4 Å². The first-order valence-electron chi connectivity index (χ1n) is 9.16. The lowest BCUT2D eigenvalue weighted by Crippen LogP contribution is -2.43. The molecule has 4 rings (SSSR count). The molecule has 4 amide bonds. The van der Waals surface area contributed by atoms with E-state index in [2.05, 4.69) is 10.6 Å². The van der Waals surface area contributed by atoms with Gasteiger partial charge in [-0.2, -0.15) is 0 Å². The number of hydrogen-bond donors (Lipinski definition) is 2. The molecular weight excluding hydrogens is 410 g/mol. The molecule has 0 radical (unpaired) electrons. The molecule has 1 saturated heterocycles. The first-order valence-corrected chi connectivity index (χ1v) is 9.54. The number of imide groups is 1. The fourth-order valence-corrected chi connectivity index (χ4v) is 3.32. The Hall–Kier alpha value is -3.52. The zero-order valence-electron chi connectivity index (χ0n) is 16.0. The van der Waals surface area contributed by atoms with Crippen LogP contribution >= 0.6 is 11.6 Å². The van der Waals surface area contributed by atoms with E-state index in [0.717, 1.165) is 10.5 Å². The summed E-state index contributed by atoms with van der Waals surface area (Å²) < 4.78 is 11.0. The Balaban J connectivity index is 1.36. The fourth-order valence-electron chi connectivity index (χ4n) is 3.20. The van der Waals surface area contributed by atoms with Gasteiger partial charge in [-0.1, -0.05) is 11.6 Å². The van der Waals surface area contributed by atoms with E-state index in [0.29, 0.717) is 22.3 Å². The maximum Gasteiger partial charge on any atom is 0.325 e. The van der Waals surface area contributed by atoms with Gasteiger partial charge in [0, 0.05) is 10.6 Å². The molecule has 0 aliphatic carbocycles. The molecule has 0 saturated carbocycles. The van der Waals surface area contributed by atoms with Crippen molar-refractivity contribution in [2.45, 2.75) is 19.0 Å². The summed E-state index contributed by atoms with van der Waals surface area (Å²) in [5.74, 6) is 0.423. The van der Waals surface area contributed by atoms with Crippen LogP contribution in [-0.2, 0) is 21.7 Å². The van der Waals surface area contributed by atoms with Gasteiger partial charge in [-0.25, -0.2) is 4.79 Å². The third-order valence-corrected chi connectivity index (χ3v) is 5.09. The van der Waals surface area contributed by atoms with Gasteiger partial charge < -0.3 is 19.5 Å². The molecule has 1 atom stereocenters. The molecule has 154 valence electrons. The largest absolute Gasteiger partial charge is 0.466 e. The molecule has 0 unspecified atom stereocenters. The maximum absolute atomic E-state index is 12.7. The van der Waals surface area contributed by atoms with Crippen LogP contribution in [0, 0.1) is 0 Å².